The minimum absolute atomic E-state index is 0.0201. The Balaban J connectivity index is 2.00. The molecular formula is C17H24N4O2. The molecule has 0 aliphatic carbocycles. The van der Waals surface area contributed by atoms with E-state index in [9.17, 15) is 4.79 Å². The highest BCUT2D eigenvalue weighted by molar-refractivity contribution is 6.45. The van der Waals surface area contributed by atoms with Gasteiger partial charge in [-0.3, -0.25) is 15.2 Å². The van der Waals surface area contributed by atoms with Gasteiger partial charge in [-0.15, -0.1) is 0 Å². The van der Waals surface area contributed by atoms with Crippen LogP contribution in [-0.2, 0) is 16.0 Å². The highest BCUT2D eigenvalue weighted by atomic mass is 16.5. The summed E-state index contributed by atoms with van der Waals surface area (Å²) in [5.74, 6) is -0.246. The van der Waals surface area contributed by atoms with E-state index in [0.717, 1.165) is 24.3 Å². The number of nitrogens with one attached hydrogen (secondary N) is 2. The molecule has 1 atom stereocenters. The summed E-state index contributed by atoms with van der Waals surface area (Å²) in [5, 5.41) is 11.2. The maximum atomic E-state index is 12.2. The normalized spacial score (nSPS) is 19.1. The Morgan fingerprint density at radius 2 is 2.30 bits per heavy atom. The number of Topliss-reactive ketones (excluding diaryl/α,β-unsaturated/α-hetero) is 1. The molecule has 0 saturated carbocycles. The van der Waals surface area contributed by atoms with Crippen LogP contribution in [0.3, 0.4) is 0 Å². The van der Waals surface area contributed by atoms with Crippen molar-refractivity contribution in [2.45, 2.75) is 32.8 Å². The maximum Gasteiger partial charge on any atom is 0.185 e. The average Bonchev–Trinajstić information content (AvgIpc) is 2.61. The molecule has 1 fully saturated rings. The van der Waals surface area contributed by atoms with Crippen LogP contribution in [0.4, 0.5) is 0 Å². The smallest absolute Gasteiger partial charge is 0.185 e. The quantitative estimate of drug-likeness (QED) is 0.691. The van der Waals surface area contributed by atoms with E-state index >= 15 is 0 Å². The van der Waals surface area contributed by atoms with Gasteiger partial charge < -0.3 is 15.8 Å². The summed E-state index contributed by atoms with van der Waals surface area (Å²) in [6.45, 7) is 5.90. The summed E-state index contributed by atoms with van der Waals surface area (Å²) < 4.78 is 5.65. The van der Waals surface area contributed by atoms with Crippen molar-refractivity contribution in [2.24, 2.45) is 5.73 Å². The third-order valence-corrected chi connectivity index (χ3v) is 3.99. The van der Waals surface area contributed by atoms with Gasteiger partial charge in [-0.25, -0.2) is 0 Å². The number of nitrogens with two attached hydrogens (primary N) is 1. The number of hydrogen-bond donors (Lipinski definition) is 3. The molecule has 1 aromatic heterocycles. The van der Waals surface area contributed by atoms with Crippen LogP contribution in [0.5, 0.6) is 0 Å². The molecule has 1 saturated heterocycles. The van der Waals surface area contributed by atoms with Crippen LogP contribution in [-0.4, -0.2) is 36.2 Å². The van der Waals surface area contributed by atoms with E-state index in [2.05, 4.69) is 10.3 Å². The zero-order valence-corrected chi connectivity index (χ0v) is 13.7. The van der Waals surface area contributed by atoms with Crippen LogP contribution >= 0.6 is 0 Å². The summed E-state index contributed by atoms with van der Waals surface area (Å²) in [6.07, 6.45) is 2.43. The third kappa shape index (κ3) is 4.46. The first-order chi connectivity index (χ1) is 11.0. The second-order valence-corrected chi connectivity index (χ2v) is 5.63. The topological polar surface area (TPSA) is 101 Å². The Kier molecular flexibility index (Phi) is 6.01. The molecule has 0 aromatic carbocycles. The van der Waals surface area contributed by atoms with Crippen LogP contribution in [0.25, 0.3) is 0 Å². The molecule has 0 amide bonds. The van der Waals surface area contributed by atoms with Crippen LogP contribution in [0.2, 0.25) is 0 Å². The molecule has 1 aliphatic heterocycles. The molecule has 6 heteroatoms. The minimum Gasteiger partial charge on any atom is -0.402 e. The van der Waals surface area contributed by atoms with Gasteiger partial charge in [-0.1, -0.05) is 13.0 Å². The largest absolute Gasteiger partial charge is 0.402 e. The zero-order valence-electron chi connectivity index (χ0n) is 13.7. The van der Waals surface area contributed by atoms with Crippen molar-refractivity contribution in [2.75, 3.05) is 19.7 Å². The first kappa shape index (κ1) is 17.3. The number of hydrogen-bond acceptors (Lipinski definition) is 6. The molecule has 1 aliphatic rings. The molecule has 2 rings (SSSR count). The minimum atomic E-state index is -0.246. The Bertz CT molecular complexity index is 602. The third-order valence-electron chi connectivity index (χ3n) is 3.99. The van der Waals surface area contributed by atoms with Gasteiger partial charge >= 0.3 is 0 Å². The van der Waals surface area contributed by atoms with Crippen molar-refractivity contribution >= 4 is 11.5 Å². The number of nitrogens with zero attached hydrogens (tertiary/aromatic N) is 1. The van der Waals surface area contributed by atoms with E-state index < -0.39 is 0 Å². The molecule has 0 radical (unpaired) electrons. The van der Waals surface area contributed by atoms with Crippen LogP contribution in [0, 0.1) is 5.41 Å². The number of ether oxygens (including phenoxy) is 1. The van der Waals surface area contributed by atoms with Gasteiger partial charge in [-0.2, -0.15) is 0 Å². The highest BCUT2D eigenvalue weighted by Gasteiger charge is 2.18. The molecule has 2 heterocycles. The lowest BCUT2D eigenvalue weighted by Gasteiger charge is -2.23. The van der Waals surface area contributed by atoms with Crippen molar-refractivity contribution in [1.29, 1.82) is 5.41 Å². The summed E-state index contributed by atoms with van der Waals surface area (Å²) in [7, 11) is 0. The standard InChI is InChI=1S/C17H24N4O2/c1-3-13(18)11(2)17(19)15(22)8-12-4-5-14(21-9-12)16-10-20-6-7-23-16/h4-5,9,16,19-20H,3,6-8,10,18H2,1-2H3/t16-/m1/s1. The van der Waals surface area contributed by atoms with E-state index in [-0.39, 0.29) is 24.0 Å². The SMILES string of the molecule is CCC(N)=C(C)C(=N)C(=O)Cc1ccc([C@H]2CNCCO2)nc1. The van der Waals surface area contributed by atoms with E-state index in [1.807, 2.05) is 19.1 Å². The van der Waals surface area contributed by atoms with Gasteiger partial charge in [0.1, 0.15) is 11.8 Å². The van der Waals surface area contributed by atoms with Gasteiger partial charge in [-0.05, 0) is 30.5 Å². The fraction of sp³-hybridized carbons (Fsp3) is 0.471. The second-order valence-electron chi connectivity index (χ2n) is 5.63. The molecule has 0 bridgehead atoms. The molecule has 0 unspecified atom stereocenters. The summed E-state index contributed by atoms with van der Waals surface area (Å²) in [5.41, 5.74) is 8.57. The fourth-order valence-corrected chi connectivity index (χ4v) is 2.39. The molecule has 0 spiro atoms. The summed E-state index contributed by atoms with van der Waals surface area (Å²) >= 11 is 0. The molecule has 1 aromatic rings. The number of carbonyl (C=O) groups excluding carboxylic acids is 1. The van der Waals surface area contributed by atoms with E-state index in [0.29, 0.717) is 24.3 Å². The van der Waals surface area contributed by atoms with Crippen molar-refractivity contribution < 1.29 is 9.53 Å². The van der Waals surface area contributed by atoms with Crippen LogP contribution in [0.15, 0.2) is 29.6 Å². The molecular weight excluding hydrogens is 292 g/mol. The van der Waals surface area contributed by atoms with Crippen LogP contribution < -0.4 is 11.1 Å². The molecule has 6 nitrogen and oxygen atoms in total. The predicted molar refractivity (Wildman–Crippen MR) is 89.4 cm³/mol. The van der Waals surface area contributed by atoms with Crippen molar-refractivity contribution in [3.63, 3.8) is 0 Å². The molecule has 4 N–H and O–H groups in total. The van der Waals surface area contributed by atoms with Gasteiger partial charge in [0, 0.05) is 31.4 Å². The summed E-state index contributed by atoms with van der Waals surface area (Å²) in [6, 6.07) is 3.75. The van der Waals surface area contributed by atoms with E-state index in [4.69, 9.17) is 15.9 Å². The van der Waals surface area contributed by atoms with Crippen molar-refractivity contribution in [3.05, 3.63) is 40.9 Å². The Morgan fingerprint density at radius 1 is 1.52 bits per heavy atom. The predicted octanol–water partition coefficient (Wildman–Crippen LogP) is 1.52. The van der Waals surface area contributed by atoms with Gasteiger partial charge in [0.05, 0.1) is 12.3 Å². The Morgan fingerprint density at radius 3 is 2.87 bits per heavy atom. The number of allylic oxidation sites excluding steroid dienone is 2. The van der Waals surface area contributed by atoms with E-state index in [1.54, 1.807) is 13.1 Å². The van der Waals surface area contributed by atoms with Gasteiger partial charge in [0.15, 0.2) is 5.78 Å². The monoisotopic (exact) mass is 316 g/mol. The lowest BCUT2D eigenvalue weighted by Crippen LogP contribution is -2.33. The summed E-state index contributed by atoms with van der Waals surface area (Å²) in [4.78, 5) is 16.6. The van der Waals surface area contributed by atoms with Crippen LogP contribution in [0.1, 0.15) is 37.6 Å². The average molecular weight is 316 g/mol. The first-order valence-electron chi connectivity index (χ1n) is 7.87. The zero-order chi connectivity index (χ0) is 16.8. The Hall–Kier alpha value is -2.05. The lowest BCUT2D eigenvalue weighted by molar-refractivity contribution is -0.112. The second kappa shape index (κ2) is 7.99. The van der Waals surface area contributed by atoms with E-state index in [1.165, 1.54) is 0 Å². The first-order valence-corrected chi connectivity index (χ1v) is 7.87. The number of aromatic nitrogens is 1. The van der Waals surface area contributed by atoms with Gasteiger partial charge in [0.2, 0.25) is 0 Å². The highest BCUT2D eigenvalue weighted by Crippen LogP contribution is 2.17. The fourth-order valence-electron chi connectivity index (χ4n) is 2.39. The lowest BCUT2D eigenvalue weighted by atomic mass is 10.0. The number of pyridine rings is 1. The van der Waals surface area contributed by atoms with Gasteiger partial charge in [0.25, 0.3) is 0 Å². The van der Waals surface area contributed by atoms with Crippen molar-refractivity contribution in [1.82, 2.24) is 10.3 Å². The Labute approximate surface area is 136 Å². The molecule has 124 valence electrons. The molecule has 23 heavy (non-hydrogen) atoms. The number of morpholine rings is 1. The number of rotatable bonds is 6. The number of ketones is 1. The maximum absolute atomic E-state index is 12.2. The number of carbonyl (C=O) groups is 1. The van der Waals surface area contributed by atoms with Crippen molar-refractivity contribution in [3.8, 4) is 0 Å².